The number of rotatable bonds is 2. The molecule has 0 saturated heterocycles. The molecule has 3 nitrogen and oxygen atoms in total. The van der Waals surface area contributed by atoms with Gasteiger partial charge in [0.1, 0.15) is 12.5 Å². The normalized spacial score (nSPS) is 24.5. The molecule has 0 N–H and O–H groups in total. The highest BCUT2D eigenvalue weighted by molar-refractivity contribution is 5.56. The Morgan fingerprint density at radius 3 is 2.60 bits per heavy atom. The fourth-order valence-electron chi connectivity index (χ4n) is 1.30. The first-order valence-corrected chi connectivity index (χ1v) is 3.82. The molecule has 0 spiro atoms. The highest BCUT2D eigenvalue weighted by Gasteiger charge is 2.20. The fraction of sp³-hybridized carbons (Fsp3) is 0.857. The Hall–Kier alpha value is -0.730. The Kier molecular flexibility index (Phi) is 2.14. The van der Waals surface area contributed by atoms with Crippen LogP contribution in [-0.4, -0.2) is 36.0 Å². The van der Waals surface area contributed by atoms with Gasteiger partial charge in [0.2, 0.25) is 0 Å². The molecule has 0 fully saturated rings. The van der Waals surface area contributed by atoms with Crippen LogP contribution in [-0.2, 0) is 0 Å². The predicted octanol–water partition coefficient (Wildman–Crippen LogP) is 0.933. The summed E-state index contributed by atoms with van der Waals surface area (Å²) in [5, 5.41) is 6.32. The molecule has 0 amide bonds. The summed E-state index contributed by atoms with van der Waals surface area (Å²) in [5.41, 5.74) is 0. The van der Waals surface area contributed by atoms with Gasteiger partial charge in [0.25, 0.3) is 0 Å². The van der Waals surface area contributed by atoms with Crippen molar-refractivity contribution < 1.29 is 0 Å². The van der Waals surface area contributed by atoms with Gasteiger partial charge in [0, 0.05) is 13.6 Å². The molecule has 1 heterocycles. The molecule has 0 aromatic carbocycles. The quantitative estimate of drug-likeness (QED) is 0.569. The van der Waals surface area contributed by atoms with Crippen LogP contribution in [0.4, 0.5) is 0 Å². The van der Waals surface area contributed by atoms with Crippen LogP contribution in [0.25, 0.3) is 0 Å². The van der Waals surface area contributed by atoms with Gasteiger partial charge in [-0.05, 0) is 13.3 Å². The molecule has 58 valence electrons. The number of hydrazone groups is 1. The van der Waals surface area contributed by atoms with Crippen molar-refractivity contribution in [2.24, 2.45) is 5.10 Å². The van der Waals surface area contributed by atoms with Crippen molar-refractivity contribution in [3.05, 3.63) is 0 Å². The van der Waals surface area contributed by atoms with Gasteiger partial charge in [-0.2, -0.15) is 5.10 Å². The summed E-state index contributed by atoms with van der Waals surface area (Å²) < 4.78 is 0. The van der Waals surface area contributed by atoms with E-state index in [-0.39, 0.29) is 0 Å². The zero-order valence-corrected chi connectivity index (χ0v) is 6.91. The van der Waals surface area contributed by atoms with E-state index in [0.717, 1.165) is 13.0 Å². The minimum Gasteiger partial charge on any atom is -0.343 e. The van der Waals surface area contributed by atoms with Gasteiger partial charge in [0.05, 0.1) is 0 Å². The van der Waals surface area contributed by atoms with E-state index in [9.17, 15) is 0 Å². The summed E-state index contributed by atoms with van der Waals surface area (Å²) in [6.45, 7) is 5.30. The Morgan fingerprint density at radius 2 is 2.20 bits per heavy atom. The highest BCUT2D eigenvalue weighted by Crippen LogP contribution is 2.12. The summed E-state index contributed by atoms with van der Waals surface area (Å²) in [7, 11) is 2.06. The van der Waals surface area contributed by atoms with E-state index in [1.807, 2.05) is 6.34 Å². The molecule has 0 bridgehead atoms. The first-order valence-electron chi connectivity index (χ1n) is 3.82. The van der Waals surface area contributed by atoms with Crippen molar-refractivity contribution in [2.45, 2.75) is 26.4 Å². The van der Waals surface area contributed by atoms with Crippen LogP contribution in [0.5, 0.6) is 0 Å². The van der Waals surface area contributed by atoms with Crippen LogP contribution >= 0.6 is 0 Å². The zero-order chi connectivity index (χ0) is 7.56. The Morgan fingerprint density at radius 1 is 1.50 bits per heavy atom. The summed E-state index contributed by atoms with van der Waals surface area (Å²) in [6.07, 6.45) is 3.51. The van der Waals surface area contributed by atoms with E-state index in [2.05, 4.69) is 35.9 Å². The topological polar surface area (TPSA) is 18.8 Å². The van der Waals surface area contributed by atoms with Crippen molar-refractivity contribution in [3.63, 3.8) is 0 Å². The van der Waals surface area contributed by atoms with Crippen molar-refractivity contribution >= 4 is 6.34 Å². The van der Waals surface area contributed by atoms with E-state index in [4.69, 9.17) is 0 Å². The Balaban J connectivity index is 2.53. The fourth-order valence-corrected chi connectivity index (χ4v) is 1.30. The second-order valence-corrected chi connectivity index (χ2v) is 2.54. The predicted molar refractivity (Wildman–Crippen MR) is 42.7 cm³/mol. The van der Waals surface area contributed by atoms with Crippen molar-refractivity contribution in [1.82, 2.24) is 9.91 Å². The molecule has 1 aliphatic heterocycles. The van der Waals surface area contributed by atoms with E-state index in [0.29, 0.717) is 6.17 Å². The lowest BCUT2D eigenvalue weighted by Gasteiger charge is -2.25. The monoisotopic (exact) mass is 141 g/mol. The van der Waals surface area contributed by atoms with Crippen molar-refractivity contribution in [2.75, 3.05) is 13.6 Å². The van der Waals surface area contributed by atoms with Gasteiger partial charge < -0.3 is 4.90 Å². The molecule has 1 aliphatic rings. The summed E-state index contributed by atoms with van der Waals surface area (Å²) in [6, 6.07) is 0. The van der Waals surface area contributed by atoms with Crippen LogP contribution in [0.3, 0.4) is 0 Å². The van der Waals surface area contributed by atoms with Gasteiger partial charge in [-0.15, -0.1) is 0 Å². The third-order valence-corrected chi connectivity index (χ3v) is 1.89. The lowest BCUT2D eigenvalue weighted by atomic mass is 10.3. The largest absolute Gasteiger partial charge is 0.343 e. The van der Waals surface area contributed by atoms with Gasteiger partial charge in [0.15, 0.2) is 0 Å². The summed E-state index contributed by atoms with van der Waals surface area (Å²) >= 11 is 0. The molecule has 0 aromatic heterocycles. The lowest BCUT2D eigenvalue weighted by Crippen LogP contribution is -2.36. The van der Waals surface area contributed by atoms with E-state index in [1.165, 1.54) is 0 Å². The smallest absolute Gasteiger partial charge is 0.118 e. The van der Waals surface area contributed by atoms with Gasteiger partial charge in [-0.3, -0.25) is 5.01 Å². The van der Waals surface area contributed by atoms with Crippen molar-refractivity contribution in [3.8, 4) is 0 Å². The first kappa shape index (κ1) is 7.38. The molecule has 1 rings (SSSR count). The Bertz CT molecular complexity index is 133. The average molecular weight is 141 g/mol. The summed E-state index contributed by atoms with van der Waals surface area (Å²) in [4.78, 5) is 2.14. The van der Waals surface area contributed by atoms with Crippen LogP contribution in [0, 0.1) is 0 Å². The average Bonchev–Trinajstić information content (AvgIpc) is 2.30. The minimum atomic E-state index is 0.491. The molecule has 1 unspecified atom stereocenters. The van der Waals surface area contributed by atoms with Crippen LogP contribution in [0.1, 0.15) is 20.3 Å². The molecule has 0 radical (unpaired) electrons. The van der Waals surface area contributed by atoms with E-state index < -0.39 is 0 Å². The third kappa shape index (κ3) is 1.08. The van der Waals surface area contributed by atoms with Gasteiger partial charge >= 0.3 is 0 Å². The van der Waals surface area contributed by atoms with Crippen LogP contribution in [0.15, 0.2) is 5.10 Å². The van der Waals surface area contributed by atoms with E-state index >= 15 is 0 Å². The molecule has 3 heteroatoms. The molecule has 0 saturated carbocycles. The van der Waals surface area contributed by atoms with E-state index in [1.54, 1.807) is 0 Å². The summed E-state index contributed by atoms with van der Waals surface area (Å²) in [5.74, 6) is 0. The molecule has 0 aromatic rings. The third-order valence-electron chi connectivity index (χ3n) is 1.89. The first-order chi connectivity index (χ1) is 4.79. The van der Waals surface area contributed by atoms with Gasteiger partial charge in [-0.1, -0.05) is 6.92 Å². The molecule has 0 aliphatic carbocycles. The second kappa shape index (κ2) is 2.90. The molecule has 1 atom stereocenters. The maximum Gasteiger partial charge on any atom is 0.118 e. The van der Waals surface area contributed by atoms with Gasteiger partial charge in [-0.25, -0.2) is 0 Å². The highest BCUT2D eigenvalue weighted by atomic mass is 15.6. The molecular weight excluding hydrogens is 126 g/mol. The van der Waals surface area contributed by atoms with Crippen molar-refractivity contribution in [1.29, 1.82) is 0 Å². The number of hydrogen-bond acceptors (Lipinski definition) is 3. The SMILES string of the molecule is CCC1N(C)C=NN1CC. The second-order valence-electron chi connectivity index (χ2n) is 2.54. The van der Waals surface area contributed by atoms with Crippen LogP contribution in [0.2, 0.25) is 0 Å². The molecule has 10 heavy (non-hydrogen) atoms. The van der Waals surface area contributed by atoms with Crippen LogP contribution < -0.4 is 0 Å². The maximum absolute atomic E-state index is 4.22. The Labute approximate surface area is 62.3 Å². The minimum absolute atomic E-state index is 0.491. The number of nitrogens with zero attached hydrogens (tertiary/aromatic N) is 3. The lowest BCUT2D eigenvalue weighted by molar-refractivity contribution is 0.150. The standard InChI is InChI=1S/C7H15N3/c1-4-7-9(3)6-8-10(7)5-2/h6-7H,4-5H2,1-3H3. The molecular formula is C7H15N3. The number of hydrogen-bond donors (Lipinski definition) is 0. The maximum atomic E-state index is 4.22. The zero-order valence-electron chi connectivity index (χ0n) is 6.91.